The molecule has 1 heteroatoms. The SMILES string of the molecule is CCCCCCOc1ccc(C)cc1C. The van der Waals surface area contributed by atoms with Crippen LogP contribution in [0.4, 0.5) is 0 Å². The van der Waals surface area contributed by atoms with Gasteiger partial charge in [-0.05, 0) is 31.9 Å². The number of ether oxygens (including phenoxy) is 1. The Balaban J connectivity index is 2.31. The molecule has 1 rings (SSSR count). The quantitative estimate of drug-likeness (QED) is 0.632. The highest BCUT2D eigenvalue weighted by atomic mass is 16.5. The van der Waals surface area contributed by atoms with Crippen molar-refractivity contribution >= 4 is 0 Å². The molecule has 0 unspecified atom stereocenters. The Bertz CT molecular complexity index is 291. The molecule has 0 radical (unpaired) electrons. The second-order valence-corrected chi connectivity index (χ2v) is 4.18. The van der Waals surface area contributed by atoms with Gasteiger partial charge >= 0.3 is 0 Å². The molecule has 0 heterocycles. The molecule has 0 saturated heterocycles. The van der Waals surface area contributed by atoms with E-state index in [1.54, 1.807) is 0 Å². The zero-order chi connectivity index (χ0) is 11.1. The van der Waals surface area contributed by atoms with Crippen molar-refractivity contribution in [1.29, 1.82) is 0 Å². The standard InChI is InChI=1S/C14H22O/c1-4-5-6-7-10-15-14-9-8-12(2)11-13(14)3/h8-9,11H,4-7,10H2,1-3H3. The second-order valence-electron chi connectivity index (χ2n) is 4.18. The molecule has 0 saturated carbocycles. The van der Waals surface area contributed by atoms with E-state index >= 15 is 0 Å². The molecule has 0 bridgehead atoms. The van der Waals surface area contributed by atoms with E-state index in [-0.39, 0.29) is 0 Å². The first kappa shape index (κ1) is 12.1. The molecule has 1 nitrogen and oxygen atoms in total. The van der Waals surface area contributed by atoms with Gasteiger partial charge in [-0.1, -0.05) is 43.9 Å². The lowest BCUT2D eigenvalue weighted by atomic mass is 10.1. The smallest absolute Gasteiger partial charge is 0.122 e. The van der Waals surface area contributed by atoms with Crippen LogP contribution in [0.25, 0.3) is 0 Å². The van der Waals surface area contributed by atoms with Gasteiger partial charge in [0.25, 0.3) is 0 Å². The van der Waals surface area contributed by atoms with Crippen LogP contribution in [0.1, 0.15) is 43.7 Å². The van der Waals surface area contributed by atoms with E-state index in [9.17, 15) is 0 Å². The summed E-state index contributed by atoms with van der Waals surface area (Å²) in [5, 5.41) is 0. The molecular weight excluding hydrogens is 184 g/mol. The molecule has 0 aromatic heterocycles. The molecule has 0 aliphatic rings. The van der Waals surface area contributed by atoms with E-state index in [0.29, 0.717) is 0 Å². The summed E-state index contributed by atoms with van der Waals surface area (Å²) < 4.78 is 5.74. The third-order valence-electron chi connectivity index (χ3n) is 2.59. The van der Waals surface area contributed by atoms with Crippen molar-refractivity contribution in [2.45, 2.75) is 46.5 Å². The highest BCUT2D eigenvalue weighted by Gasteiger charge is 1.98. The van der Waals surface area contributed by atoms with Crippen LogP contribution in [0, 0.1) is 13.8 Å². The molecule has 0 N–H and O–H groups in total. The van der Waals surface area contributed by atoms with Gasteiger partial charge in [0.05, 0.1) is 6.61 Å². The summed E-state index contributed by atoms with van der Waals surface area (Å²) in [5.41, 5.74) is 2.54. The van der Waals surface area contributed by atoms with Crippen LogP contribution in [-0.4, -0.2) is 6.61 Å². The van der Waals surface area contributed by atoms with Crippen molar-refractivity contribution in [3.05, 3.63) is 29.3 Å². The average molecular weight is 206 g/mol. The van der Waals surface area contributed by atoms with Crippen LogP contribution in [0.15, 0.2) is 18.2 Å². The fraction of sp³-hybridized carbons (Fsp3) is 0.571. The van der Waals surface area contributed by atoms with Crippen molar-refractivity contribution in [3.8, 4) is 5.75 Å². The van der Waals surface area contributed by atoms with E-state index in [2.05, 4.69) is 39.0 Å². The van der Waals surface area contributed by atoms with E-state index < -0.39 is 0 Å². The molecule has 1 aromatic rings. The molecule has 1 aromatic carbocycles. The normalized spacial score (nSPS) is 10.3. The fourth-order valence-corrected chi connectivity index (χ4v) is 1.67. The summed E-state index contributed by atoms with van der Waals surface area (Å²) in [7, 11) is 0. The van der Waals surface area contributed by atoms with Crippen LogP contribution in [0.2, 0.25) is 0 Å². The lowest BCUT2D eigenvalue weighted by molar-refractivity contribution is 0.303. The lowest BCUT2D eigenvalue weighted by Crippen LogP contribution is -1.98. The van der Waals surface area contributed by atoms with Crippen LogP contribution in [-0.2, 0) is 0 Å². The zero-order valence-corrected chi connectivity index (χ0v) is 10.2. The number of benzene rings is 1. The molecule has 0 aliphatic heterocycles. The Kier molecular flexibility index (Phi) is 5.23. The van der Waals surface area contributed by atoms with E-state index in [1.807, 2.05) is 0 Å². The van der Waals surface area contributed by atoms with Crippen LogP contribution in [0.5, 0.6) is 5.75 Å². The van der Waals surface area contributed by atoms with Crippen molar-refractivity contribution in [1.82, 2.24) is 0 Å². The summed E-state index contributed by atoms with van der Waals surface area (Å²) in [4.78, 5) is 0. The number of unbranched alkanes of at least 4 members (excludes halogenated alkanes) is 3. The first-order chi connectivity index (χ1) is 7.24. The maximum Gasteiger partial charge on any atom is 0.122 e. The minimum absolute atomic E-state index is 0.851. The van der Waals surface area contributed by atoms with Gasteiger partial charge in [0.1, 0.15) is 5.75 Å². The van der Waals surface area contributed by atoms with Gasteiger partial charge in [-0.25, -0.2) is 0 Å². The molecule has 0 aliphatic carbocycles. The Hall–Kier alpha value is -0.980. The largest absolute Gasteiger partial charge is 0.493 e. The predicted molar refractivity (Wildman–Crippen MR) is 65.6 cm³/mol. The van der Waals surface area contributed by atoms with Crippen molar-refractivity contribution in [2.75, 3.05) is 6.61 Å². The number of rotatable bonds is 6. The van der Waals surface area contributed by atoms with E-state index in [1.165, 1.54) is 36.8 Å². The first-order valence-electron chi connectivity index (χ1n) is 5.94. The second kappa shape index (κ2) is 6.49. The molecule has 84 valence electrons. The predicted octanol–water partition coefficient (Wildman–Crippen LogP) is 4.26. The first-order valence-corrected chi connectivity index (χ1v) is 5.94. The summed E-state index contributed by atoms with van der Waals surface area (Å²) in [6.07, 6.45) is 5.04. The van der Waals surface area contributed by atoms with Gasteiger partial charge in [0.2, 0.25) is 0 Å². The Morgan fingerprint density at radius 1 is 1.07 bits per heavy atom. The van der Waals surface area contributed by atoms with Gasteiger partial charge in [-0.3, -0.25) is 0 Å². The minimum Gasteiger partial charge on any atom is -0.493 e. The monoisotopic (exact) mass is 206 g/mol. The third kappa shape index (κ3) is 4.37. The third-order valence-corrected chi connectivity index (χ3v) is 2.59. The van der Waals surface area contributed by atoms with Crippen molar-refractivity contribution < 1.29 is 4.74 Å². The van der Waals surface area contributed by atoms with Gasteiger partial charge in [-0.15, -0.1) is 0 Å². The molecular formula is C14H22O. The average Bonchev–Trinajstić information content (AvgIpc) is 2.20. The summed E-state index contributed by atoms with van der Waals surface area (Å²) in [5.74, 6) is 1.04. The van der Waals surface area contributed by atoms with E-state index in [0.717, 1.165) is 12.4 Å². The topological polar surface area (TPSA) is 9.23 Å². The maximum absolute atomic E-state index is 5.74. The number of hydrogen-bond donors (Lipinski definition) is 0. The molecule has 0 amide bonds. The Labute approximate surface area is 93.5 Å². The fourth-order valence-electron chi connectivity index (χ4n) is 1.67. The maximum atomic E-state index is 5.74. The van der Waals surface area contributed by atoms with Crippen molar-refractivity contribution in [2.24, 2.45) is 0 Å². The molecule has 0 spiro atoms. The van der Waals surface area contributed by atoms with Crippen LogP contribution < -0.4 is 4.74 Å². The number of hydrogen-bond acceptors (Lipinski definition) is 1. The summed E-state index contributed by atoms with van der Waals surface area (Å²) in [6, 6.07) is 6.35. The van der Waals surface area contributed by atoms with Gasteiger partial charge in [-0.2, -0.15) is 0 Å². The highest BCUT2D eigenvalue weighted by molar-refractivity contribution is 5.35. The van der Waals surface area contributed by atoms with Gasteiger partial charge < -0.3 is 4.74 Å². The van der Waals surface area contributed by atoms with Crippen molar-refractivity contribution in [3.63, 3.8) is 0 Å². The minimum atomic E-state index is 0.851. The summed E-state index contributed by atoms with van der Waals surface area (Å²) in [6.45, 7) is 7.29. The summed E-state index contributed by atoms with van der Waals surface area (Å²) >= 11 is 0. The Morgan fingerprint density at radius 3 is 2.53 bits per heavy atom. The zero-order valence-electron chi connectivity index (χ0n) is 10.2. The molecule has 15 heavy (non-hydrogen) atoms. The number of aryl methyl sites for hydroxylation is 2. The van der Waals surface area contributed by atoms with E-state index in [4.69, 9.17) is 4.74 Å². The van der Waals surface area contributed by atoms with Crippen LogP contribution >= 0.6 is 0 Å². The Morgan fingerprint density at radius 2 is 1.87 bits per heavy atom. The van der Waals surface area contributed by atoms with Gasteiger partial charge in [0.15, 0.2) is 0 Å². The van der Waals surface area contributed by atoms with Gasteiger partial charge in [0, 0.05) is 0 Å². The lowest BCUT2D eigenvalue weighted by Gasteiger charge is -2.09. The van der Waals surface area contributed by atoms with Crippen LogP contribution in [0.3, 0.4) is 0 Å². The highest BCUT2D eigenvalue weighted by Crippen LogP contribution is 2.18. The molecule has 0 fully saturated rings. The molecule has 0 atom stereocenters.